The summed E-state index contributed by atoms with van der Waals surface area (Å²) in [5, 5.41) is 17.4. The number of ether oxygens (including phenoxy) is 2. The number of rotatable bonds is 9. The molecule has 1 fully saturated rings. The third kappa shape index (κ3) is 5.99. The second-order valence-electron chi connectivity index (χ2n) is 5.76. The monoisotopic (exact) mass is 386 g/mol. The van der Waals surface area contributed by atoms with Crippen LogP contribution in [0.4, 0.5) is 5.82 Å². The molecule has 0 bridgehead atoms. The molecule has 0 aromatic carbocycles. The Labute approximate surface area is 153 Å². The van der Waals surface area contributed by atoms with Crippen LogP contribution in [0, 0.1) is 0 Å². The van der Waals surface area contributed by atoms with Crippen molar-refractivity contribution in [2.45, 2.75) is 37.6 Å². The normalized spacial score (nSPS) is 20.1. The molecule has 12 heteroatoms. The van der Waals surface area contributed by atoms with Crippen LogP contribution in [0.25, 0.3) is 0 Å². The van der Waals surface area contributed by atoms with Gasteiger partial charge in [-0.1, -0.05) is 0 Å². The van der Waals surface area contributed by atoms with Crippen molar-refractivity contribution in [3.63, 3.8) is 0 Å². The summed E-state index contributed by atoms with van der Waals surface area (Å²) in [4.78, 5) is 43.1. The maximum absolute atomic E-state index is 12.1. The van der Waals surface area contributed by atoms with E-state index in [1.807, 2.05) is 0 Å². The SMILES string of the molecule is N[C@@H](CO)C(=O)OC[C@@H]1CC[C@H](n2ccc(NOC(=O)CCO)nc2=O)O1. The van der Waals surface area contributed by atoms with Crippen LogP contribution in [0.5, 0.6) is 0 Å². The number of anilines is 1. The van der Waals surface area contributed by atoms with Crippen LogP contribution in [-0.2, 0) is 23.9 Å². The second-order valence-corrected chi connectivity index (χ2v) is 5.76. The summed E-state index contributed by atoms with van der Waals surface area (Å²) in [6.07, 6.45) is 1.32. The molecule has 0 spiro atoms. The van der Waals surface area contributed by atoms with Crippen molar-refractivity contribution in [1.82, 2.24) is 9.55 Å². The molecule has 12 nitrogen and oxygen atoms in total. The number of hydrogen-bond acceptors (Lipinski definition) is 11. The summed E-state index contributed by atoms with van der Waals surface area (Å²) >= 11 is 0. The number of nitrogens with zero attached hydrogens (tertiary/aromatic N) is 2. The van der Waals surface area contributed by atoms with E-state index in [2.05, 4.69) is 15.3 Å². The topological polar surface area (TPSA) is 175 Å². The molecule has 2 heterocycles. The van der Waals surface area contributed by atoms with Crippen molar-refractivity contribution in [2.24, 2.45) is 5.73 Å². The Morgan fingerprint density at radius 3 is 2.89 bits per heavy atom. The molecular weight excluding hydrogens is 364 g/mol. The van der Waals surface area contributed by atoms with Gasteiger partial charge in [-0.2, -0.15) is 4.98 Å². The minimum atomic E-state index is -1.10. The molecule has 3 atom stereocenters. The summed E-state index contributed by atoms with van der Waals surface area (Å²) in [6.45, 7) is -0.896. The first-order chi connectivity index (χ1) is 12.9. The Bertz CT molecular complexity index is 709. The Morgan fingerprint density at radius 1 is 1.44 bits per heavy atom. The number of nitrogens with one attached hydrogen (secondary N) is 1. The molecule has 0 radical (unpaired) electrons. The van der Waals surface area contributed by atoms with Gasteiger partial charge in [-0.05, 0) is 12.8 Å². The van der Waals surface area contributed by atoms with Gasteiger partial charge in [0.2, 0.25) is 0 Å². The number of esters is 1. The van der Waals surface area contributed by atoms with Gasteiger partial charge >= 0.3 is 17.6 Å². The molecule has 1 aliphatic heterocycles. The summed E-state index contributed by atoms with van der Waals surface area (Å²) in [5.41, 5.74) is 6.95. The van der Waals surface area contributed by atoms with Crippen molar-refractivity contribution in [1.29, 1.82) is 0 Å². The fraction of sp³-hybridized carbons (Fsp3) is 0.600. The van der Waals surface area contributed by atoms with Crippen LogP contribution in [0.2, 0.25) is 0 Å². The molecule has 0 aliphatic carbocycles. The first kappa shape index (κ1) is 20.8. The van der Waals surface area contributed by atoms with Crippen molar-refractivity contribution in [3.05, 3.63) is 22.7 Å². The largest absolute Gasteiger partial charge is 0.462 e. The Morgan fingerprint density at radius 2 is 2.22 bits per heavy atom. The molecule has 0 unspecified atom stereocenters. The predicted molar refractivity (Wildman–Crippen MR) is 89.1 cm³/mol. The lowest BCUT2D eigenvalue weighted by molar-refractivity contribution is -0.151. The van der Waals surface area contributed by atoms with Gasteiger partial charge < -0.3 is 30.3 Å². The van der Waals surface area contributed by atoms with Gasteiger partial charge in [0.15, 0.2) is 5.82 Å². The van der Waals surface area contributed by atoms with E-state index in [-0.39, 0.29) is 25.5 Å². The van der Waals surface area contributed by atoms with E-state index >= 15 is 0 Å². The predicted octanol–water partition coefficient (Wildman–Crippen LogP) is -1.96. The standard InChI is InChI=1S/C15H22N4O8/c16-10(7-21)14(23)25-8-9-1-2-12(26-9)19-5-3-11(17-15(19)24)18-27-13(22)4-6-20/h3,5,9-10,12,20-21H,1-2,4,6-8,16H2,(H,17,18,24)/t9-,10-,12+/m0/s1. The van der Waals surface area contributed by atoms with Gasteiger partial charge in [-0.25, -0.2) is 15.1 Å². The molecule has 5 N–H and O–H groups in total. The Kier molecular flexibility index (Phi) is 7.67. The average Bonchev–Trinajstić information content (AvgIpc) is 3.12. The third-order valence-electron chi connectivity index (χ3n) is 3.72. The summed E-state index contributed by atoms with van der Waals surface area (Å²) in [6, 6.07) is 0.325. The zero-order chi connectivity index (χ0) is 19.8. The van der Waals surface area contributed by atoms with E-state index in [1.165, 1.54) is 16.8 Å². The summed E-state index contributed by atoms with van der Waals surface area (Å²) in [5.74, 6) is -1.39. The highest BCUT2D eigenvalue weighted by atomic mass is 16.7. The van der Waals surface area contributed by atoms with E-state index in [1.54, 1.807) is 0 Å². The smallest absolute Gasteiger partial charge is 0.351 e. The fourth-order valence-electron chi connectivity index (χ4n) is 2.31. The highest BCUT2D eigenvalue weighted by molar-refractivity contribution is 5.75. The van der Waals surface area contributed by atoms with Crippen molar-refractivity contribution in [3.8, 4) is 0 Å². The van der Waals surface area contributed by atoms with Gasteiger partial charge in [0, 0.05) is 12.3 Å². The number of aromatic nitrogens is 2. The van der Waals surface area contributed by atoms with Crippen LogP contribution >= 0.6 is 0 Å². The average molecular weight is 386 g/mol. The van der Waals surface area contributed by atoms with E-state index in [0.717, 1.165) is 0 Å². The lowest BCUT2D eigenvalue weighted by atomic mass is 10.2. The molecule has 2 rings (SSSR count). The maximum atomic E-state index is 12.1. The van der Waals surface area contributed by atoms with Crippen molar-refractivity contribution in [2.75, 3.05) is 25.3 Å². The molecule has 1 aromatic rings. The Balaban J connectivity index is 1.87. The highest BCUT2D eigenvalue weighted by Gasteiger charge is 2.29. The highest BCUT2D eigenvalue weighted by Crippen LogP contribution is 2.27. The number of aliphatic hydroxyl groups is 2. The fourth-order valence-corrected chi connectivity index (χ4v) is 2.31. The van der Waals surface area contributed by atoms with Crippen LogP contribution in [0.3, 0.4) is 0 Å². The molecule has 1 aromatic heterocycles. The summed E-state index contributed by atoms with van der Waals surface area (Å²) < 4.78 is 11.9. The molecule has 150 valence electrons. The maximum Gasteiger partial charge on any atom is 0.351 e. The molecule has 0 saturated carbocycles. The van der Waals surface area contributed by atoms with Gasteiger partial charge in [0.25, 0.3) is 0 Å². The number of aliphatic hydroxyl groups excluding tert-OH is 2. The van der Waals surface area contributed by atoms with Crippen LogP contribution in [0.15, 0.2) is 17.1 Å². The van der Waals surface area contributed by atoms with E-state index in [0.29, 0.717) is 12.8 Å². The zero-order valence-electron chi connectivity index (χ0n) is 14.4. The molecule has 1 saturated heterocycles. The number of carbonyl (C=O) groups is 2. The van der Waals surface area contributed by atoms with Crippen molar-refractivity contribution >= 4 is 17.8 Å². The van der Waals surface area contributed by atoms with E-state index in [9.17, 15) is 14.4 Å². The minimum absolute atomic E-state index is 0.0315. The molecule has 0 amide bonds. The van der Waals surface area contributed by atoms with Gasteiger partial charge in [0.1, 0.15) is 18.9 Å². The molecular formula is C15H22N4O8. The number of hydrogen-bond donors (Lipinski definition) is 4. The minimum Gasteiger partial charge on any atom is -0.462 e. The number of carbonyl (C=O) groups excluding carboxylic acids is 2. The van der Waals surface area contributed by atoms with Gasteiger partial charge in [-0.15, -0.1) is 0 Å². The lowest BCUT2D eigenvalue weighted by Gasteiger charge is -2.16. The lowest BCUT2D eigenvalue weighted by Crippen LogP contribution is -2.37. The van der Waals surface area contributed by atoms with Crippen LogP contribution in [-0.4, -0.2) is 63.7 Å². The second kappa shape index (κ2) is 9.97. The van der Waals surface area contributed by atoms with Crippen molar-refractivity contribution < 1.29 is 34.1 Å². The van der Waals surface area contributed by atoms with Gasteiger partial charge in [0.05, 0.1) is 25.7 Å². The quantitative estimate of drug-likeness (QED) is 0.274. The zero-order valence-corrected chi connectivity index (χ0v) is 14.4. The molecule has 1 aliphatic rings. The first-order valence-corrected chi connectivity index (χ1v) is 8.29. The third-order valence-corrected chi connectivity index (χ3v) is 3.72. The first-order valence-electron chi connectivity index (χ1n) is 8.29. The van der Waals surface area contributed by atoms with Crippen LogP contribution < -0.4 is 16.9 Å². The Hall–Kier alpha value is -2.54. The summed E-state index contributed by atoms with van der Waals surface area (Å²) in [7, 11) is 0. The van der Waals surface area contributed by atoms with E-state index < -0.39 is 42.6 Å². The van der Waals surface area contributed by atoms with Crippen LogP contribution in [0.1, 0.15) is 25.5 Å². The van der Waals surface area contributed by atoms with E-state index in [4.69, 9.17) is 25.4 Å². The number of nitrogens with two attached hydrogens (primary N) is 1. The molecule has 27 heavy (non-hydrogen) atoms. The van der Waals surface area contributed by atoms with Gasteiger partial charge in [-0.3, -0.25) is 9.36 Å².